The summed E-state index contributed by atoms with van der Waals surface area (Å²) in [6.45, 7) is 4.04. The van der Waals surface area contributed by atoms with Gasteiger partial charge in [0.2, 0.25) is 10.0 Å². The van der Waals surface area contributed by atoms with E-state index in [4.69, 9.17) is 11.6 Å². The fourth-order valence-corrected chi connectivity index (χ4v) is 4.98. The Morgan fingerprint density at radius 1 is 1.07 bits per heavy atom. The van der Waals surface area contributed by atoms with Crippen LogP contribution in [0.4, 0.5) is 5.69 Å². The smallest absolute Gasteiger partial charge is 0.255 e. The number of sulfonamides is 1. The van der Waals surface area contributed by atoms with Crippen LogP contribution in [0.2, 0.25) is 5.02 Å². The van der Waals surface area contributed by atoms with Crippen molar-refractivity contribution in [3.8, 4) is 0 Å². The molecule has 0 atom stereocenters. The number of halogens is 1. The molecule has 0 heterocycles. The zero-order valence-corrected chi connectivity index (χ0v) is 18.4. The summed E-state index contributed by atoms with van der Waals surface area (Å²) in [5.41, 5.74) is 0.828. The molecule has 0 aromatic heterocycles. The van der Waals surface area contributed by atoms with E-state index in [9.17, 15) is 18.0 Å². The van der Waals surface area contributed by atoms with Crippen molar-refractivity contribution >= 4 is 39.1 Å². The van der Waals surface area contributed by atoms with Crippen molar-refractivity contribution in [1.82, 2.24) is 9.62 Å². The number of anilines is 1. The summed E-state index contributed by atoms with van der Waals surface area (Å²) in [4.78, 5) is 25.1. The molecule has 3 rings (SSSR count). The minimum atomic E-state index is -3.83. The van der Waals surface area contributed by atoms with Gasteiger partial charge >= 0.3 is 0 Å². The molecule has 0 bridgehead atoms. The zero-order valence-electron chi connectivity index (χ0n) is 16.8. The summed E-state index contributed by atoms with van der Waals surface area (Å²) in [7, 11) is -3.83. The van der Waals surface area contributed by atoms with Gasteiger partial charge in [-0.15, -0.1) is 0 Å². The molecule has 9 heteroatoms. The molecule has 160 valence electrons. The summed E-state index contributed by atoms with van der Waals surface area (Å²) in [5.74, 6) is -0.788. The number of hydrogen-bond donors (Lipinski definition) is 2. The van der Waals surface area contributed by atoms with E-state index in [-0.39, 0.29) is 40.5 Å². The predicted molar refractivity (Wildman–Crippen MR) is 116 cm³/mol. The van der Waals surface area contributed by atoms with Crippen molar-refractivity contribution in [2.24, 2.45) is 0 Å². The molecule has 0 spiro atoms. The molecule has 1 saturated carbocycles. The SMILES string of the molecule is CCN(CC)S(=O)(=O)c1cc(C(=O)Nc2ccccc2C(=O)NC2CC2)ccc1Cl. The lowest BCUT2D eigenvalue weighted by atomic mass is 10.1. The quantitative estimate of drug-likeness (QED) is 0.644. The van der Waals surface area contributed by atoms with Crippen LogP contribution in [-0.2, 0) is 10.0 Å². The highest BCUT2D eigenvalue weighted by Crippen LogP contribution is 2.27. The lowest BCUT2D eigenvalue weighted by Gasteiger charge is -2.19. The third-order valence-corrected chi connectivity index (χ3v) is 7.38. The van der Waals surface area contributed by atoms with Crippen LogP contribution in [0.1, 0.15) is 47.4 Å². The maximum Gasteiger partial charge on any atom is 0.255 e. The molecule has 2 aromatic carbocycles. The lowest BCUT2D eigenvalue weighted by Crippen LogP contribution is -2.31. The van der Waals surface area contributed by atoms with Crippen LogP contribution >= 0.6 is 11.6 Å². The summed E-state index contributed by atoms with van der Waals surface area (Å²) in [6.07, 6.45) is 1.91. The van der Waals surface area contributed by atoms with E-state index in [1.165, 1.54) is 22.5 Å². The molecule has 2 aromatic rings. The van der Waals surface area contributed by atoms with Crippen LogP contribution in [0.5, 0.6) is 0 Å². The predicted octanol–water partition coefficient (Wildman–Crippen LogP) is 3.52. The van der Waals surface area contributed by atoms with Gasteiger partial charge < -0.3 is 10.6 Å². The molecule has 1 fully saturated rings. The standard InChI is InChI=1S/C21H24ClN3O4S/c1-3-25(4-2)30(28,29)19-13-14(9-12-17(19)22)20(26)24-18-8-6-5-7-16(18)21(27)23-15-10-11-15/h5-9,12-13,15H,3-4,10-11H2,1-2H3,(H,23,27)(H,24,26). The number of rotatable bonds is 8. The zero-order chi connectivity index (χ0) is 21.9. The van der Waals surface area contributed by atoms with Crippen molar-refractivity contribution in [2.45, 2.75) is 37.6 Å². The number of benzene rings is 2. The highest BCUT2D eigenvalue weighted by molar-refractivity contribution is 7.89. The highest BCUT2D eigenvalue weighted by Gasteiger charge is 2.27. The second-order valence-electron chi connectivity index (χ2n) is 6.98. The van der Waals surface area contributed by atoms with Crippen molar-refractivity contribution in [3.05, 3.63) is 58.6 Å². The van der Waals surface area contributed by atoms with Gasteiger partial charge in [0, 0.05) is 24.7 Å². The topological polar surface area (TPSA) is 95.6 Å². The fourth-order valence-electron chi connectivity index (χ4n) is 3.02. The second-order valence-corrected chi connectivity index (χ2v) is 9.30. The largest absolute Gasteiger partial charge is 0.349 e. The molecule has 2 amide bonds. The number of para-hydroxylation sites is 1. The van der Waals surface area contributed by atoms with Gasteiger partial charge in [0.25, 0.3) is 11.8 Å². The van der Waals surface area contributed by atoms with Gasteiger partial charge in [-0.05, 0) is 43.2 Å². The van der Waals surface area contributed by atoms with Crippen LogP contribution in [-0.4, -0.2) is 43.7 Å². The highest BCUT2D eigenvalue weighted by atomic mass is 35.5. The van der Waals surface area contributed by atoms with Crippen LogP contribution < -0.4 is 10.6 Å². The Morgan fingerprint density at radius 2 is 1.73 bits per heavy atom. The molecule has 2 N–H and O–H groups in total. The van der Waals surface area contributed by atoms with Crippen LogP contribution in [0.3, 0.4) is 0 Å². The van der Waals surface area contributed by atoms with Crippen molar-refractivity contribution in [2.75, 3.05) is 18.4 Å². The summed E-state index contributed by atoms with van der Waals surface area (Å²) >= 11 is 6.13. The molecule has 1 aliphatic rings. The van der Waals surface area contributed by atoms with E-state index in [0.29, 0.717) is 11.3 Å². The van der Waals surface area contributed by atoms with E-state index >= 15 is 0 Å². The van der Waals surface area contributed by atoms with Crippen molar-refractivity contribution in [1.29, 1.82) is 0 Å². The van der Waals surface area contributed by atoms with E-state index < -0.39 is 15.9 Å². The molecule has 0 radical (unpaired) electrons. The third-order valence-electron chi connectivity index (χ3n) is 4.85. The number of nitrogens with zero attached hydrogens (tertiary/aromatic N) is 1. The number of nitrogens with one attached hydrogen (secondary N) is 2. The normalized spacial score (nSPS) is 13.9. The average Bonchev–Trinajstić information content (AvgIpc) is 3.53. The number of carbonyl (C=O) groups excluding carboxylic acids is 2. The average molecular weight is 450 g/mol. The summed E-state index contributed by atoms with van der Waals surface area (Å²) in [6, 6.07) is 11.0. The maximum atomic E-state index is 12.9. The van der Waals surface area contributed by atoms with Gasteiger partial charge in [-0.2, -0.15) is 4.31 Å². The Hall–Kier alpha value is -2.42. The second kappa shape index (κ2) is 9.16. The first kappa shape index (κ1) is 22.3. The van der Waals surface area contributed by atoms with Gasteiger partial charge in [0.15, 0.2) is 0 Å². The van der Waals surface area contributed by atoms with Gasteiger partial charge in [-0.3, -0.25) is 9.59 Å². The first-order valence-corrected chi connectivity index (χ1v) is 11.6. The van der Waals surface area contributed by atoms with Gasteiger partial charge in [-0.25, -0.2) is 8.42 Å². The molecular formula is C21H24ClN3O4S. The van der Waals surface area contributed by atoms with Gasteiger partial charge in [0.1, 0.15) is 4.90 Å². The first-order valence-electron chi connectivity index (χ1n) is 9.78. The number of amides is 2. The Kier molecular flexibility index (Phi) is 6.80. The van der Waals surface area contributed by atoms with Crippen molar-refractivity contribution in [3.63, 3.8) is 0 Å². The Bertz CT molecular complexity index is 1060. The van der Waals surface area contributed by atoms with E-state index in [1.807, 2.05) is 0 Å². The molecule has 7 nitrogen and oxygen atoms in total. The molecular weight excluding hydrogens is 426 g/mol. The minimum absolute atomic E-state index is 0.0441. The Balaban J connectivity index is 1.88. The van der Waals surface area contributed by atoms with Crippen LogP contribution in [0.15, 0.2) is 47.4 Å². The first-order chi connectivity index (χ1) is 14.3. The third kappa shape index (κ3) is 4.83. The van der Waals surface area contributed by atoms with Gasteiger partial charge in [-0.1, -0.05) is 37.6 Å². The molecule has 0 saturated heterocycles. The van der Waals surface area contributed by atoms with Crippen molar-refractivity contribution < 1.29 is 18.0 Å². The summed E-state index contributed by atoms with van der Waals surface area (Å²) < 4.78 is 27.0. The van der Waals surface area contributed by atoms with Gasteiger partial charge in [0.05, 0.1) is 16.3 Å². The molecule has 1 aliphatic carbocycles. The molecule has 0 unspecified atom stereocenters. The van der Waals surface area contributed by atoms with E-state index in [2.05, 4.69) is 10.6 Å². The van der Waals surface area contributed by atoms with E-state index in [1.54, 1.807) is 38.1 Å². The van der Waals surface area contributed by atoms with Crippen LogP contribution in [0, 0.1) is 0 Å². The number of hydrogen-bond acceptors (Lipinski definition) is 4. The summed E-state index contributed by atoms with van der Waals surface area (Å²) in [5, 5.41) is 5.64. The van der Waals surface area contributed by atoms with Crippen LogP contribution in [0.25, 0.3) is 0 Å². The molecule has 30 heavy (non-hydrogen) atoms. The molecule has 0 aliphatic heterocycles. The Labute approximate surface area is 181 Å². The lowest BCUT2D eigenvalue weighted by molar-refractivity contribution is 0.0952. The maximum absolute atomic E-state index is 12.9. The Morgan fingerprint density at radius 3 is 2.37 bits per heavy atom. The fraction of sp³-hybridized carbons (Fsp3) is 0.333. The van der Waals surface area contributed by atoms with E-state index in [0.717, 1.165) is 12.8 Å². The monoisotopic (exact) mass is 449 g/mol. The minimum Gasteiger partial charge on any atom is -0.349 e. The number of carbonyl (C=O) groups is 2.